The summed E-state index contributed by atoms with van der Waals surface area (Å²) >= 11 is 3.48. The molecule has 0 saturated carbocycles. The third-order valence-corrected chi connectivity index (χ3v) is 6.05. The number of carbonyl (C=O) groups is 1. The number of methoxy groups -OCH3 is 1. The van der Waals surface area contributed by atoms with E-state index in [9.17, 15) is 9.18 Å². The highest BCUT2D eigenvalue weighted by Crippen LogP contribution is 2.35. The zero-order valence-electron chi connectivity index (χ0n) is 15.1. The Kier molecular flexibility index (Phi) is 5.34. The van der Waals surface area contributed by atoms with E-state index >= 15 is 0 Å². The molecule has 26 heavy (non-hydrogen) atoms. The van der Waals surface area contributed by atoms with Crippen LogP contribution in [0.1, 0.15) is 24.5 Å². The van der Waals surface area contributed by atoms with Gasteiger partial charge in [-0.05, 0) is 44.0 Å². The van der Waals surface area contributed by atoms with Gasteiger partial charge < -0.3 is 10.1 Å². The van der Waals surface area contributed by atoms with Gasteiger partial charge in [-0.3, -0.25) is 9.69 Å². The third-order valence-electron chi connectivity index (χ3n) is 5.20. The molecular weight excluding hydrogens is 399 g/mol. The van der Waals surface area contributed by atoms with Gasteiger partial charge in [0.05, 0.1) is 12.6 Å². The van der Waals surface area contributed by atoms with Crippen LogP contribution < -0.4 is 10.1 Å². The Morgan fingerprint density at radius 3 is 2.73 bits per heavy atom. The van der Waals surface area contributed by atoms with E-state index in [1.807, 2.05) is 36.9 Å². The largest absolute Gasteiger partial charge is 0.494 e. The number of ether oxygens (including phenoxy) is 1. The topological polar surface area (TPSA) is 41.6 Å². The van der Waals surface area contributed by atoms with Crippen LogP contribution in [0.25, 0.3) is 0 Å². The molecule has 3 rings (SSSR count). The van der Waals surface area contributed by atoms with Gasteiger partial charge in [-0.2, -0.15) is 0 Å². The van der Waals surface area contributed by atoms with Crippen molar-refractivity contribution in [3.63, 3.8) is 0 Å². The lowest BCUT2D eigenvalue weighted by atomic mass is 9.85. The maximum Gasteiger partial charge on any atom is 0.244 e. The number of nitrogens with one attached hydrogen (secondary N) is 1. The minimum absolute atomic E-state index is 0.0757. The van der Waals surface area contributed by atoms with Crippen molar-refractivity contribution in [1.29, 1.82) is 0 Å². The number of benzene rings is 2. The van der Waals surface area contributed by atoms with Crippen LogP contribution in [0.15, 0.2) is 40.9 Å². The molecule has 2 aromatic rings. The van der Waals surface area contributed by atoms with Crippen LogP contribution in [0.5, 0.6) is 5.75 Å². The standard InChI is InChI=1S/C20H22BrFN2O2/c1-13-15(21)7-5-8-16(13)23-19(25)20(2)10-11-24(20)12-14-6-4-9-17(26-3)18(14)22/h4-9H,10-12H2,1-3H3,(H,23,25). The van der Waals surface area contributed by atoms with Gasteiger partial charge in [-0.1, -0.05) is 34.1 Å². The van der Waals surface area contributed by atoms with Crippen LogP contribution in [0.3, 0.4) is 0 Å². The first-order valence-electron chi connectivity index (χ1n) is 8.50. The Morgan fingerprint density at radius 1 is 1.35 bits per heavy atom. The van der Waals surface area contributed by atoms with Crippen LogP contribution >= 0.6 is 15.9 Å². The first-order valence-corrected chi connectivity index (χ1v) is 9.29. The number of carbonyl (C=O) groups excluding carboxylic acids is 1. The number of likely N-dealkylation sites (tertiary alicyclic amines) is 1. The molecule has 0 spiro atoms. The number of hydrogen-bond donors (Lipinski definition) is 1. The van der Waals surface area contributed by atoms with E-state index in [2.05, 4.69) is 21.2 Å². The summed E-state index contributed by atoms with van der Waals surface area (Å²) in [6.45, 7) is 4.96. The van der Waals surface area contributed by atoms with E-state index < -0.39 is 5.54 Å². The quantitative estimate of drug-likeness (QED) is 0.773. The molecule has 1 aliphatic rings. The molecule has 1 aliphatic heterocycles. The van der Waals surface area contributed by atoms with E-state index in [-0.39, 0.29) is 17.5 Å². The fraction of sp³-hybridized carbons (Fsp3) is 0.350. The van der Waals surface area contributed by atoms with Crippen LogP contribution in [0, 0.1) is 12.7 Å². The van der Waals surface area contributed by atoms with Crippen molar-refractivity contribution in [3.8, 4) is 5.75 Å². The smallest absolute Gasteiger partial charge is 0.244 e. The summed E-state index contributed by atoms with van der Waals surface area (Å²) in [7, 11) is 1.45. The van der Waals surface area contributed by atoms with Crippen LogP contribution in [0.4, 0.5) is 10.1 Å². The minimum atomic E-state index is -0.662. The number of hydrogen-bond acceptors (Lipinski definition) is 3. The lowest BCUT2D eigenvalue weighted by Gasteiger charge is -2.49. The highest BCUT2D eigenvalue weighted by molar-refractivity contribution is 9.10. The normalized spacial score (nSPS) is 19.7. The fourth-order valence-corrected chi connectivity index (χ4v) is 3.52. The Balaban J connectivity index is 1.76. The number of rotatable bonds is 5. The third kappa shape index (κ3) is 3.35. The molecule has 0 radical (unpaired) electrons. The maximum absolute atomic E-state index is 14.4. The molecule has 1 fully saturated rings. The highest BCUT2D eigenvalue weighted by atomic mass is 79.9. The molecule has 6 heteroatoms. The van der Waals surface area contributed by atoms with Crippen molar-refractivity contribution in [2.45, 2.75) is 32.4 Å². The van der Waals surface area contributed by atoms with Crippen LogP contribution in [-0.4, -0.2) is 30.0 Å². The summed E-state index contributed by atoms with van der Waals surface area (Å²) in [4.78, 5) is 14.9. The molecular formula is C20H22BrFN2O2. The first kappa shape index (κ1) is 18.9. The lowest BCUT2D eigenvalue weighted by Crippen LogP contribution is -2.63. The monoisotopic (exact) mass is 420 g/mol. The number of anilines is 1. The molecule has 1 heterocycles. The van der Waals surface area contributed by atoms with Gasteiger partial charge in [-0.25, -0.2) is 4.39 Å². The minimum Gasteiger partial charge on any atom is -0.494 e. The molecule has 0 bridgehead atoms. The van der Waals surface area contributed by atoms with Gasteiger partial charge in [0.2, 0.25) is 5.91 Å². The molecule has 1 N–H and O–H groups in total. The summed E-state index contributed by atoms with van der Waals surface area (Å²) in [5.41, 5.74) is 1.63. The molecule has 4 nitrogen and oxygen atoms in total. The number of amides is 1. The van der Waals surface area contributed by atoms with E-state index in [1.54, 1.807) is 18.2 Å². The Labute approximate surface area is 161 Å². The second-order valence-corrected chi connectivity index (χ2v) is 7.60. The fourth-order valence-electron chi connectivity index (χ4n) is 3.16. The van der Waals surface area contributed by atoms with Crippen molar-refractivity contribution in [2.24, 2.45) is 0 Å². The SMILES string of the molecule is COc1cccc(CN2CCC2(C)C(=O)Nc2cccc(Br)c2C)c1F. The van der Waals surface area contributed by atoms with Crippen molar-refractivity contribution in [3.05, 3.63) is 57.8 Å². The predicted octanol–water partition coefficient (Wildman–Crippen LogP) is 4.51. The Hall–Kier alpha value is -1.92. The lowest BCUT2D eigenvalue weighted by molar-refractivity contribution is -0.136. The van der Waals surface area contributed by atoms with Crippen molar-refractivity contribution in [1.82, 2.24) is 4.90 Å². The molecule has 0 aliphatic carbocycles. The van der Waals surface area contributed by atoms with Gasteiger partial charge >= 0.3 is 0 Å². The van der Waals surface area contributed by atoms with Crippen LogP contribution in [0.2, 0.25) is 0 Å². The highest BCUT2D eigenvalue weighted by Gasteiger charge is 2.47. The number of nitrogens with zero attached hydrogens (tertiary/aromatic N) is 1. The summed E-state index contributed by atoms with van der Waals surface area (Å²) < 4.78 is 20.4. The van der Waals surface area contributed by atoms with E-state index in [0.717, 1.165) is 28.7 Å². The Morgan fingerprint density at radius 2 is 2.08 bits per heavy atom. The average Bonchev–Trinajstić information content (AvgIpc) is 2.62. The van der Waals surface area contributed by atoms with Gasteiger partial charge in [0.1, 0.15) is 0 Å². The molecule has 1 amide bonds. The van der Waals surface area contributed by atoms with Gasteiger partial charge in [-0.15, -0.1) is 0 Å². The number of halogens is 2. The zero-order chi connectivity index (χ0) is 18.9. The second kappa shape index (κ2) is 7.37. The van der Waals surface area contributed by atoms with Crippen molar-refractivity contribution < 1.29 is 13.9 Å². The summed E-state index contributed by atoms with van der Waals surface area (Å²) in [6.07, 6.45) is 0.734. The van der Waals surface area contributed by atoms with Crippen LogP contribution in [-0.2, 0) is 11.3 Å². The summed E-state index contributed by atoms with van der Waals surface area (Å²) in [6, 6.07) is 10.8. The Bertz CT molecular complexity index is 843. The molecule has 2 aromatic carbocycles. The summed E-state index contributed by atoms with van der Waals surface area (Å²) in [5.74, 6) is -0.223. The van der Waals surface area contributed by atoms with E-state index in [0.29, 0.717) is 12.1 Å². The zero-order valence-corrected chi connectivity index (χ0v) is 16.7. The maximum atomic E-state index is 14.4. The molecule has 1 unspecified atom stereocenters. The molecule has 138 valence electrons. The molecule has 1 saturated heterocycles. The van der Waals surface area contributed by atoms with Gasteiger partial charge in [0, 0.05) is 28.8 Å². The summed E-state index contributed by atoms with van der Waals surface area (Å²) in [5, 5.41) is 3.02. The molecule has 0 aromatic heterocycles. The van der Waals surface area contributed by atoms with Crippen molar-refractivity contribution >= 4 is 27.5 Å². The van der Waals surface area contributed by atoms with E-state index in [4.69, 9.17) is 4.74 Å². The van der Waals surface area contributed by atoms with Crippen molar-refractivity contribution in [2.75, 3.05) is 19.0 Å². The van der Waals surface area contributed by atoms with Gasteiger partial charge in [0.15, 0.2) is 11.6 Å². The second-order valence-electron chi connectivity index (χ2n) is 6.75. The van der Waals surface area contributed by atoms with E-state index in [1.165, 1.54) is 7.11 Å². The predicted molar refractivity (Wildman–Crippen MR) is 104 cm³/mol. The molecule has 1 atom stereocenters. The average molecular weight is 421 g/mol. The van der Waals surface area contributed by atoms with Gasteiger partial charge in [0.25, 0.3) is 0 Å². The first-order chi connectivity index (χ1) is 12.4.